The van der Waals surface area contributed by atoms with Crippen molar-refractivity contribution in [2.24, 2.45) is 0 Å². The van der Waals surface area contributed by atoms with Crippen molar-refractivity contribution in [1.82, 2.24) is 14.9 Å². The van der Waals surface area contributed by atoms with Gasteiger partial charge in [0.25, 0.3) is 0 Å². The molecule has 0 N–H and O–H groups in total. The highest BCUT2D eigenvalue weighted by Gasteiger charge is 2.43. The van der Waals surface area contributed by atoms with Crippen LogP contribution in [0.3, 0.4) is 0 Å². The van der Waals surface area contributed by atoms with Crippen LogP contribution in [0.4, 0.5) is 0 Å². The van der Waals surface area contributed by atoms with Gasteiger partial charge in [0.2, 0.25) is 0 Å². The maximum absolute atomic E-state index is 6.13. The Morgan fingerprint density at radius 1 is 1.12 bits per heavy atom. The summed E-state index contributed by atoms with van der Waals surface area (Å²) in [5, 5.41) is 0. The van der Waals surface area contributed by atoms with Crippen molar-refractivity contribution in [3.8, 4) is 0 Å². The first-order chi connectivity index (χ1) is 11.9. The predicted molar refractivity (Wildman–Crippen MR) is 90.2 cm³/mol. The summed E-state index contributed by atoms with van der Waals surface area (Å²) in [7, 11) is 0. The third-order valence-electron chi connectivity index (χ3n) is 4.96. The largest absolute Gasteiger partial charge is 0.373 e. The minimum Gasteiger partial charge on any atom is -0.373 e. The Labute approximate surface area is 142 Å². The van der Waals surface area contributed by atoms with Crippen LogP contribution in [0.5, 0.6) is 0 Å². The maximum atomic E-state index is 6.13. The van der Waals surface area contributed by atoms with E-state index in [9.17, 15) is 0 Å². The van der Waals surface area contributed by atoms with E-state index in [2.05, 4.69) is 27.0 Å². The van der Waals surface area contributed by atoms with E-state index in [0.29, 0.717) is 12.6 Å². The zero-order chi connectivity index (χ0) is 16.2. The fraction of sp³-hybridized carbons (Fsp3) is 0.474. The van der Waals surface area contributed by atoms with Crippen molar-refractivity contribution in [3.63, 3.8) is 0 Å². The van der Waals surface area contributed by atoms with Gasteiger partial charge in [0.15, 0.2) is 0 Å². The minimum atomic E-state index is 0.164. The summed E-state index contributed by atoms with van der Waals surface area (Å²) in [6.07, 6.45) is 8.05. The average molecular weight is 325 g/mol. The van der Waals surface area contributed by atoms with Gasteiger partial charge in [-0.3, -0.25) is 14.9 Å². The molecule has 5 nitrogen and oxygen atoms in total. The van der Waals surface area contributed by atoms with Crippen LogP contribution in [-0.2, 0) is 22.6 Å². The molecule has 1 saturated carbocycles. The molecule has 0 radical (unpaired) electrons. The second-order valence-electron chi connectivity index (χ2n) is 6.48. The molecule has 0 spiro atoms. The summed E-state index contributed by atoms with van der Waals surface area (Å²) < 4.78 is 12.2. The molecule has 0 unspecified atom stereocenters. The highest BCUT2D eigenvalue weighted by Crippen LogP contribution is 2.33. The van der Waals surface area contributed by atoms with Crippen LogP contribution >= 0.6 is 0 Å². The number of hydrogen-bond donors (Lipinski definition) is 0. The zero-order valence-corrected chi connectivity index (χ0v) is 13.8. The van der Waals surface area contributed by atoms with Gasteiger partial charge >= 0.3 is 0 Å². The Morgan fingerprint density at radius 2 is 2.04 bits per heavy atom. The van der Waals surface area contributed by atoms with Crippen LogP contribution in [0.15, 0.2) is 48.9 Å². The molecule has 1 aliphatic carbocycles. The van der Waals surface area contributed by atoms with Crippen molar-refractivity contribution in [2.45, 2.75) is 44.2 Å². The molecule has 2 aromatic rings. The Balaban J connectivity index is 1.37. The number of hydrogen-bond acceptors (Lipinski definition) is 5. The highest BCUT2D eigenvalue weighted by molar-refractivity contribution is 5.11. The molecule has 0 amide bonds. The molecule has 1 saturated heterocycles. The van der Waals surface area contributed by atoms with E-state index in [-0.39, 0.29) is 12.2 Å². The molecule has 3 heterocycles. The van der Waals surface area contributed by atoms with Crippen LogP contribution < -0.4 is 0 Å². The van der Waals surface area contributed by atoms with Gasteiger partial charge in [0, 0.05) is 37.7 Å². The van der Waals surface area contributed by atoms with Crippen LogP contribution in [0.25, 0.3) is 0 Å². The molecule has 4 rings (SSSR count). The van der Waals surface area contributed by atoms with Gasteiger partial charge in [-0.2, -0.15) is 0 Å². The van der Waals surface area contributed by atoms with Crippen molar-refractivity contribution < 1.29 is 9.47 Å². The maximum Gasteiger partial charge on any atom is 0.0992 e. The summed E-state index contributed by atoms with van der Waals surface area (Å²) in [6.45, 7) is 3.27. The van der Waals surface area contributed by atoms with E-state index in [1.54, 1.807) is 0 Å². The molecule has 2 fully saturated rings. The van der Waals surface area contributed by atoms with Gasteiger partial charge in [-0.05, 0) is 42.7 Å². The van der Waals surface area contributed by atoms with Gasteiger partial charge in [0.1, 0.15) is 0 Å². The second kappa shape index (κ2) is 7.38. The number of fused-ring (bicyclic) bond motifs is 1. The molecule has 0 aromatic carbocycles. The van der Waals surface area contributed by atoms with Gasteiger partial charge < -0.3 is 9.47 Å². The molecule has 2 aromatic heterocycles. The van der Waals surface area contributed by atoms with E-state index in [1.165, 1.54) is 5.56 Å². The van der Waals surface area contributed by atoms with E-state index in [0.717, 1.165) is 38.2 Å². The number of morpholine rings is 1. The smallest absolute Gasteiger partial charge is 0.0992 e. The van der Waals surface area contributed by atoms with E-state index in [1.807, 2.05) is 36.8 Å². The summed E-state index contributed by atoms with van der Waals surface area (Å²) >= 11 is 0. The predicted octanol–water partition coefficient (Wildman–Crippen LogP) is 2.43. The third-order valence-corrected chi connectivity index (χ3v) is 4.96. The number of pyridine rings is 2. The molecular weight excluding hydrogens is 302 g/mol. The summed E-state index contributed by atoms with van der Waals surface area (Å²) in [6, 6.07) is 10.6. The van der Waals surface area contributed by atoms with Crippen LogP contribution in [0.1, 0.15) is 24.1 Å². The summed E-state index contributed by atoms with van der Waals surface area (Å²) in [4.78, 5) is 11.0. The lowest BCUT2D eigenvalue weighted by Gasteiger charge is -2.39. The minimum absolute atomic E-state index is 0.164. The van der Waals surface area contributed by atoms with Gasteiger partial charge in [-0.1, -0.05) is 6.07 Å². The molecular formula is C19H23N3O2. The molecule has 2 aliphatic rings. The van der Waals surface area contributed by atoms with E-state index < -0.39 is 0 Å². The first-order valence-electron chi connectivity index (χ1n) is 8.66. The van der Waals surface area contributed by atoms with Gasteiger partial charge in [-0.15, -0.1) is 0 Å². The third kappa shape index (κ3) is 3.48. The topological polar surface area (TPSA) is 47.5 Å². The number of aromatic nitrogens is 2. The second-order valence-corrected chi connectivity index (χ2v) is 6.48. The molecule has 24 heavy (non-hydrogen) atoms. The first kappa shape index (κ1) is 15.7. The average Bonchev–Trinajstić information content (AvgIpc) is 3.06. The quantitative estimate of drug-likeness (QED) is 0.845. The van der Waals surface area contributed by atoms with E-state index >= 15 is 0 Å². The summed E-state index contributed by atoms with van der Waals surface area (Å²) in [5.41, 5.74) is 2.29. The summed E-state index contributed by atoms with van der Waals surface area (Å²) in [5.74, 6) is 0. The lowest BCUT2D eigenvalue weighted by Crippen LogP contribution is -2.51. The molecule has 3 atom stereocenters. The first-order valence-corrected chi connectivity index (χ1v) is 8.66. The lowest BCUT2D eigenvalue weighted by molar-refractivity contribution is -0.119. The Bertz CT molecular complexity index is 638. The monoisotopic (exact) mass is 325 g/mol. The van der Waals surface area contributed by atoms with Crippen molar-refractivity contribution >= 4 is 0 Å². The van der Waals surface area contributed by atoms with Crippen LogP contribution in [0.2, 0.25) is 0 Å². The molecule has 0 bridgehead atoms. The highest BCUT2D eigenvalue weighted by atomic mass is 16.5. The Hall–Kier alpha value is -1.82. The van der Waals surface area contributed by atoms with Gasteiger partial charge in [0.05, 0.1) is 31.1 Å². The molecule has 5 heteroatoms. The van der Waals surface area contributed by atoms with Gasteiger partial charge in [-0.25, -0.2) is 0 Å². The zero-order valence-electron chi connectivity index (χ0n) is 13.8. The number of ether oxygens (including phenoxy) is 2. The Morgan fingerprint density at radius 3 is 2.88 bits per heavy atom. The SMILES string of the molecule is c1ccc(CO[C@@H]2CC[C@H]3[C@H]2OCCN3Cc2ccncc2)nc1. The fourth-order valence-corrected chi connectivity index (χ4v) is 3.77. The fourth-order valence-electron chi connectivity index (χ4n) is 3.77. The van der Waals surface area contributed by atoms with E-state index in [4.69, 9.17) is 9.47 Å². The number of rotatable bonds is 5. The van der Waals surface area contributed by atoms with Crippen LogP contribution in [-0.4, -0.2) is 46.3 Å². The molecule has 126 valence electrons. The standard InChI is InChI=1S/C19H23N3O2/c1-2-8-21-16(3-1)14-24-18-5-4-17-19(18)23-12-11-22(17)13-15-6-9-20-10-7-15/h1-3,6-10,17-19H,4-5,11-14H2/t17-,18+,19+/m0/s1. The Kier molecular flexibility index (Phi) is 4.83. The van der Waals surface area contributed by atoms with Crippen molar-refractivity contribution in [2.75, 3.05) is 13.2 Å². The lowest BCUT2D eigenvalue weighted by atomic mass is 10.1. The van der Waals surface area contributed by atoms with Crippen LogP contribution in [0, 0.1) is 0 Å². The normalized spacial score (nSPS) is 27.1. The molecule has 1 aliphatic heterocycles. The van der Waals surface area contributed by atoms with Crippen molar-refractivity contribution in [3.05, 3.63) is 60.2 Å². The van der Waals surface area contributed by atoms with Crippen molar-refractivity contribution in [1.29, 1.82) is 0 Å². The number of nitrogens with zero attached hydrogens (tertiary/aromatic N) is 3.